The first-order chi connectivity index (χ1) is 9.75. The minimum Gasteiger partial charge on any atom is -0.370 e. The Morgan fingerprint density at radius 3 is 2.14 bits per heavy atom. The van der Waals surface area contributed by atoms with Crippen molar-refractivity contribution in [1.29, 1.82) is 0 Å². The fourth-order valence-corrected chi connectivity index (χ4v) is 2.45. The minimum absolute atomic E-state index is 0.186. The number of nitrogens with zero attached hydrogens (tertiary/aromatic N) is 3. The highest BCUT2D eigenvalue weighted by molar-refractivity contribution is 5.57. The Morgan fingerprint density at radius 2 is 1.62 bits per heavy atom. The summed E-state index contributed by atoms with van der Waals surface area (Å²) in [5.41, 5.74) is 1.28. The van der Waals surface area contributed by atoms with Crippen LogP contribution in [0.25, 0.3) is 0 Å². The van der Waals surface area contributed by atoms with Gasteiger partial charge in [-0.2, -0.15) is 0 Å². The van der Waals surface area contributed by atoms with Crippen LogP contribution < -0.4 is 10.6 Å². The maximum atomic E-state index is 4.55. The van der Waals surface area contributed by atoms with Crippen molar-refractivity contribution in [1.82, 2.24) is 14.9 Å². The molecule has 0 aliphatic rings. The zero-order valence-corrected chi connectivity index (χ0v) is 14.7. The first kappa shape index (κ1) is 17.7. The summed E-state index contributed by atoms with van der Waals surface area (Å²) in [5, 5.41) is 6.87. The second kappa shape index (κ2) is 7.59. The molecule has 0 bridgehead atoms. The molecule has 21 heavy (non-hydrogen) atoms. The monoisotopic (exact) mass is 293 g/mol. The second-order valence-corrected chi connectivity index (χ2v) is 6.78. The topological polar surface area (TPSA) is 53.1 Å². The van der Waals surface area contributed by atoms with Crippen molar-refractivity contribution in [2.45, 2.75) is 41.0 Å². The Morgan fingerprint density at radius 1 is 1.05 bits per heavy atom. The maximum absolute atomic E-state index is 4.55. The van der Waals surface area contributed by atoms with Crippen LogP contribution in [0, 0.1) is 19.3 Å². The Hall–Kier alpha value is -1.36. The lowest BCUT2D eigenvalue weighted by Gasteiger charge is -2.29. The van der Waals surface area contributed by atoms with E-state index in [1.54, 1.807) is 0 Å². The van der Waals surface area contributed by atoms with Gasteiger partial charge in [-0.3, -0.25) is 0 Å². The van der Waals surface area contributed by atoms with Crippen molar-refractivity contribution in [3.05, 3.63) is 11.4 Å². The van der Waals surface area contributed by atoms with Crippen LogP contribution in [0.1, 0.15) is 38.6 Å². The molecule has 0 saturated heterocycles. The van der Waals surface area contributed by atoms with Crippen molar-refractivity contribution < 1.29 is 0 Å². The number of aromatic nitrogens is 2. The molecule has 0 unspecified atom stereocenters. The molecule has 2 N–H and O–H groups in total. The minimum atomic E-state index is 0.186. The molecule has 0 aliphatic carbocycles. The van der Waals surface area contributed by atoms with E-state index in [0.717, 1.165) is 49.1 Å². The predicted molar refractivity (Wildman–Crippen MR) is 91.1 cm³/mol. The van der Waals surface area contributed by atoms with Gasteiger partial charge in [-0.15, -0.1) is 0 Å². The van der Waals surface area contributed by atoms with Crippen LogP contribution in [0.4, 0.5) is 11.6 Å². The average molecular weight is 293 g/mol. The molecule has 1 heterocycles. The van der Waals surface area contributed by atoms with Crippen LogP contribution in [-0.2, 0) is 0 Å². The molecule has 0 spiro atoms. The molecule has 5 heteroatoms. The van der Waals surface area contributed by atoms with E-state index in [4.69, 9.17) is 0 Å². The number of anilines is 2. The van der Waals surface area contributed by atoms with Crippen LogP contribution in [0.2, 0.25) is 0 Å². The quantitative estimate of drug-likeness (QED) is 0.772. The lowest BCUT2D eigenvalue weighted by atomic mass is 9.93. The van der Waals surface area contributed by atoms with E-state index in [9.17, 15) is 0 Å². The maximum Gasteiger partial charge on any atom is 0.134 e. The molecule has 0 saturated carbocycles. The highest BCUT2D eigenvalue weighted by Crippen LogP contribution is 2.22. The van der Waals surface area contributed by atoms with Crippen molar-refractivity contribution in [3.8, 4) is 0 Å². The van der Waals surface area contributed by atoms with E-state index in [-0.39, 0.29) is 5.41 Å². The molecule has 0 amide bonds. The first-order valence-corrected chi connectivity index (χ1v) is 7.73. The predicted octanol–water partition coefficient (Wildman–Crippen LogP) is 2.92. The van der Waals surface area contributed by atoms with E-state index in [1.807, 2.05) is 6.92 Å². The lowest BCUT2D eigenvalue weighted by Crippen LogP contribution is -2.34. The van der Waals surface area contributed by atoms with Crippen LogP contribution in [-0.4, -0.2) is 48.6 Å². The van der Waals surface area contributed by atoms with E-state index >= 15 is 0 Å². The Labute approximate surface area is 129 Å². The van der Waals surface area contributed by atoms with Gasteiger partial charge in [-0.1, -0.05) is 20.8 Å². The normalized spacial score (nSPS) is 11.8. The standard InChI is InChI=1S/C16H31N5/c1-8-9-17-14-12(2)15(20-13(3)19-14)18-10-16(4,5)11-21(6)7/h8-11H2,1-7H3,(H2,17,18,19,20). The van der Waals surface area contributed by atoms with E-state index in [0.29, 0.717) is 0 Å². The Bertz CT molecular complexity index is 454. The van der Waals surface area contributed by atoms with Crippen molar-refractivity contribution in [2.24, 2.45) is 5.41 Å². The third-order valence-electron chi connectivity index (χ3n) is 3.28. The zero-order valence-electron chi connectivity index (χ0n) is 14.7. The summed E-state index contributed by atoms with van der Waals surface area (Å²) in [6.45, 7) is 13.5. The van der Waals surface area contributed by atoms with Crippen LogP contribution in [0.5, 0.6) is 0 Å². The molecule has 0 aromatic carbocycles. The van der Waals surface area contributed by atoms with Crippen molar-refractivity contribution in [2.75, 3.05) is 44.4 Å². The fourth-order valence-electron chi connectivity index (χ4n) is 2.45. The van der Waals surface area contributed by atoms with Gasteiger partial charge in [-0.25, -0.2) is 9.97 Å². The van der Waals surface area contributed by atoms with Crippen LogP contribution >= 0.6 is 0 Å². The summed E-state index contributed by atoms with van der Waals surface area (Å²) in [6.07, 6.45) is 1.08. The third kappa shape index (κ3) is 5.87. The highest BCUT2D eigenvalue weighted by atomic mass is 15.1. The number of hydrogen-bond acceptors (Lipinski definition) is 5. The molecule has 0 aliphatic heterocycles. The second-order valence-electron chi connectivity index (χ2n) is 6.78. The van der Waals surface area contributed by atoms with Crippen LogP contribution in [0.15, 0.2) is 0 Å². The molecule has 5 nitrogen and oxygen atoms in total. The average Bonchev–Trinajstić information content (AvgIpc) is 2.36. The van der Waals surface area contributed by atoms with Gasteiger partial charge in [0.1, 0.15) is 17.5 Å². The molecule has 1 aromatic rings. The van der Waals surface area contributed by atoms with Gasteiger partial charge >= 0.3 is 0 Å². The highest BCUT2D eigenvalue weighted by Gasteiger charge is 2.19. The van der Waals surface area contributed by atoms with Gasteiger partial charge in [0.15, 0.2) is 0 Å². The number of nitrogens with one attached hydrogen (secondary N) is 2. The lowest BCUT2D eigenvalue weighted by molar-refractivity contribution is 0.254. The van der Waals surface area contributed by atoms with E-state index < -0.39 is 0 Å². The van der Waals surface area contributed by atoms with Crippen molar-refractivity contribution >= 4 is 11.6 Å². The van der Waals surface area contributed by atoms with E-state index in [2.05, 4.69) is 67.3 Å². The first-order valence-electron chi connectivity index (χ1n) is 7.73. The number of hydrogen-bond donors (Lipinski definition) is 2. The summed E-state index contributed by atoms with van der Waals surface area (Å²) in [5.74, 6) is 2.68. The van der Waals surface area contributed by atoms with Gasteiger partial charge in [0.2, 0.25) is 0 Å². The summed E-state index contributed by atoms with van der Waals surface area (Å²) < 4.78 is 0. The SMILES string of the molecule is CCCNc1nc(C)nc(NCC(C)(C)CN(C)C)c1C. The van der Waals surface area contributed by atoms with Gasteiger partial charge in [0.25, 0.3) is 0 Å². The molecule has 0 atom stereocenters. The van der Waals surface area contributed by atoms with Crippen LogP contribution in [0.3, 0.4) is 0 Å². The largest absolute Gasteiger partial charge is 0.370 e. The van der Waals surface area contributed by atoms with Gasteiger partial charge < -0.3 is 15.5 Å². The smallest absolute Gasteiger partial charge is 0.134 e. The third-order valence-corrected chi connectivity index (χ3v) is 3.28. The van der Waals surface area contributed by atoms with Gasteiger partial charge in [-0.05, 0) is 39.8 Å². The van der Waals surface area contributed by atoms with Crippen molar-refractivity contribution in [3.63, 3.8) is 0 Å². The summed E-state index contributed by atoms with van der Waals surface area (Å²) in [7, 11) is 4.21. The van der Waals surface area contributed by atoms with E-state index in [1.165, 1.54) is 0 Å². The molecule has 1 aromatic heterocycles. The number of aryl methyl sites for hydroxylation is 1. The molecule has 0 radical (unpaired) electrons. The molecule has 0 fully saturated rings. The summed E-state index contributed by atoms with van der Waals surface area (Å²) in [6, 6.07) is 0. The zero-order chi connectivity index (χ0) is 16.0. The Kier molecular flexibility index (Phi) is 6.40. The number of rotatable bonds is 8. The summed E-state index contributed by atoms with van der Waals surface area (Å²) in [4.78, 5) is 11.3. The van der Waals surface area contributed by atoms with Gasteiger partial charge in [0.05, 0.1) is 0 Å². The summed E-state index contributed by atoms with van der Waals surface area (Å²) >= 11 is 0. The molecule has 1 rings (SSSR count). The molecule has 120 valence electrons. The Balaban J connectivity index is 2.81. The fraction of sp³-hybridized carbons (Fsp3) is 0.750. The molecular formula is C16H31N5. The van der Waals surface area contributed by atoms with Gasteiger partial charge in [0, 0.05) is 25.2 Å². The molecular weight excluding hydrogens is 262 g/mol.